The van der Waals surface area contributed by atoms with Crippen molar-refractivity contribution in [3.8, 4) is 10.6 Å². The van der Waals surface area contributed by atoms with Gasteiger partial charge >= 0.3 is 0 Å². The summed E-state index contributed by atoms with van der Waals surface area (Å²) in [5, 5.41) is 10.6. The Hall–Kier alpha value is -0.810. The van der Waals surface area contributed by atoms with Gasteiger partial charge in [-0.05, 0) is 34.5 Å². The summed E-state index contributed by atoms with van der Waals surface area (Å²) < 4.78 is 1.15. The maximum absolute atomic E-state index is 4.24. The van der Waals surface area contributed by atoms with Crippen molar-refractivity contribution >= 4 is 33.1 Å². The molecule has 3 nitrogen and oxygen atoms in total. The molecule has 0 saturated heterocycles. The summed E-state index contributed by atoms with van der Waals surface area (Å²) in [5.41, 5.74) is 2.49. The molecular weight excluding hydrogens is 262 g/mol. The average molecular weight is 270 g/mol. The largest absolute Gasteiger partial charge is 0.368 e. The Morgan fingerprint density at radius 1 is 1.43 bits per heavy atom. The van der Waals surface area contributed by atoms with Gasteiger partial charge in [0.25, 0.3) is 0 Å². The number of halogens is 1. The predicted octanol–water partition coefficient (Wildman–Crippen LogP) is 2.87. The molecule has 0 bridgehead atoms. The Bertz CT molecular complexity index is 474. The second kappa shape index (κ2) is 3.10. The van der Waals surface area contributed by atoms with Crippen molar-refractivity contribution in [3.05, 3.63) is 21.5 Å². The molecule has 5 heteroatoms. The van der Waals surface area contributed by atoms with E-state index in [-0.39, 0.29) is 0 Å². The van der Waals surface area contributed by atoms with E-state index >= 15 is 0 Å². The van der Waals surface area contributed by atoms with Crippen molar-refractivity contribution in [3.63, 3.8) is 0 Å². The van der Waals surface area contributed by atoms with Crippen LogP contribution in [0.3, 0.4) is 0 Å². The number of aromatic amines is 1. The fraction of sp³-hybridized carbons (Fsp3) is 0.222. The standard InChI is InChI=1S/C9H8BrN3S/c10-7-2-1-6(14-7)8-5-3-4-11-9(5)13-12-8/h1-2H,3-4H2,(H2,11,12,13). The van der Waals surface area contributed by atoms with Crippen molar-refractivity contribution in [2.24, 2.45) is 0 Å². The molecule has 0 aromatic carbocycles. The van der Waals surface area contributed by atoms with Crippen molar-refractivity contribution in [2.45, 2.75) is 6.42 Å². The fourth-order valence-corrected chi connectivity index (χ4v) is 3.12. The molecule has 3 heterocycles. The molecule has 0 saturated carbocycles. The van der Waals surface area contributed by atoms with E-state index in [1.165, 1.54) is 16.1 Å². The molecule has 0 amide bonds. The second-order valence-corrected chi connectivity index (χ2v) is 5.67. The van der Waals surface area contributed by atoms with E-state index in [1.807, 2.05) is 0 Å². The van der Waals surface area contributed by atoms with E-state index < -0.39 is 0 Å². The summed E-state index contributed by atoms with van der Waals surface area (Å²) in [6.07, 6.45) is 1.07. The SMILES string of the molecule is Brc1ccc(-c2[nH]nc3c2CCN3)s1. The molecule has 0 atom stereocenters. The summed E-state index contributed by atoms with van der Waals surface area (Å²) in [4.78, 5) is 1.24. The second-order valence-electron chi connectivity index (χ2n) is 3.21. The van der Waals surface area contributed by atoms with Crippen molar-refractivity contribution in [1.82, 2.24) is 10.2 Å². The van der Waals surface area contributed by atoms with Gasteiger partial charge in [-0.2, -0.15) is 5.10 Å². The van der Waals surface area contributed by atoms with Crippen LogP contribution in [0.25, 0.3) is 10.6 Å². The Morgan fingerprint density at radius 2 is 2.36 bits per heavy atom. The lowest BCUT2D eigenvalue weighted by Crippen LogP contribution is -1.94. The van der Waals surface area contributed by atoms with Crippen LogP contribution in [0, 0.1) is 0 Å². The number of thiophene rings is 1. The number of nitrogens with zero attached hydrogens (tertiary/aromatic N) is 1. The third-order valence-corrected chi connectivity index (χ3v) is 4.00. The van der Waals surface area contributed by atoms with Gasteiger partial charge in [0, 0.05) is 12.1 Å². The highest BCUT2D eigenvalue weighted by Gasteiger charge is 2.19. The van der Waals surface area contributed by atoms with Gasteiger partial charge in [-0.3, -0.25) is 5.10 Å². The number of hydrogen-bond acceptors (Lipinski definition) is 3. The molecule has 2 N–H and O–H groups in total. The first-order chi connectivity index (χ1) is 6.84. The van der Waals surface area contributed by atoms with Crippen molar-refractivity contribution in [2.75, 3.05) is 11.9 Å². The molecule has 0 spiro atoms. The molecule has 0 radical (unpaired) electrons. The quantitative estimate of drug-likeness (QED) is 0.836. The Labute approximate surface area is 93.7 Å². The van der Waals surface area contributed by atoms with Crippen LogP contribution in [0.5, 0.6) is 0 Å². The highest BCUT2D eigenvalue weighted by molar-refractivity contribution is 9.11. The topological polar surface area (TPSA) is 40.7 Å². The van der Waals surface area contributed by atoms with Gasteiger partial charge < -0.3 is 5.32 Å². The molecule has 3 rings (SSSR count). The van der Waals surface area contributed by atoms with Crippen LogP contribution in [0.4, 0.5) is 5.82 Å². The highest BCUT2D eigenvalue weighted by Crippen LogP contribution is 2.35. The lowest BCUT2D eigenvalue weighted by molar-refractivity contribution is 1.04. The number of hydrogen-bond donors (Lipinski definition) is 2. The van der Waals surface area contributed by atoms with Crippen molar-refractivity contribution in [1.29, 1.82) is 0 Å². The number of fused-ring (bicyclic) bond motifs is 1. The van der Waals surface area contributed by atoms with Gasteiger partial charge in [0.15, 0.2) is 5.82 Å². The summed E-state index contributed by atoms with van der Waals surface area (Å²) >= 11 is 5.20. The minimum atomic E-state index is 1.01. The molecule has 0 fully saturated rings. The normalized spacial score (nSPS) is 14.1. The number of nitrogens with one attached hydrogen (secondary N) is 2. The van der Waals surface area contributed by atoms with E-state index in [2.05, 4.69) is 43.6 Å². The summed E-state index contributed by atoms with van der Waals surface area (Å²) in [6.45, 7) is 1.01. The van der Waals surface area contributed by atoms with Crippen LogP contribution in [-0.4, -0.2) is 16.7 Å². The van der Waals surface area contributed by atoms with Gasteiger partial charge in [0.05, 0.1) is 14.4 Å². The monoisotopic (exact) mass is 269 g/mol. The Balaban J connectivity index is 2.12. The summed E-state index contributed by atoms with van der Waals surface area (Å²) in [6, 6.07) is 4.18. The zero-order valence-electron chi connectivity index (χ0n) is 7.30. The van der Waals surface area contributed by atoms with E-state index in [4.69, 9.17) is 0 Å². The highest BCUT2D eigenvalue weighted by atomic mass is 79.9. The van der Waals surface area contributed by atoms with Crippen LogP contribution in [-0.2, 0) is 6.42 Å². The maximum atomic E-state index is 4.24. The van der Waals surface area contributed by atoms with E-state index in [0.29, 0.717) is 0 Å². The molecule has 0 unspecified atom stereocenters. The van der Waals surface area contributed by atoms with Crippen LogP contribution < -0.4 is 5.32 Å². The third kappa shape index (κ3) is 1.19. The third-order valence-electron chi connectivity index (χ3n) is 2.35. The minimum absolute atomic E-state index is 1.01. The fourth-order valence-electron chi connectivity index (χ4n) is 1.71. The summed E-state index contributed by atoms with van der Waals surface area (Å²) in [5.74, 6) is 1.02. The van der Waals surface area contributed by atoms with Crippen LogP contribution in [0.15, 0.2) is 15.9 Å². The van der Waals surface area contributed by atoms with Gasteiger partial charge in [-0.1, -0.05) is 0 Å². The first kappa shape index (κ1) is 8.49. The van der Waals surface area contributed by atoms with Gasteiger partial charge in [0.1, 0.15) is 0 Å². The molecule has 1 aliphatic heterocycles. The van der Waals surface area contributed by atoms with Gasteiger partial charge in [0.2, 0.25) is 0 Å². The zero-order chi connectivity index (χ0) is 9.54. The average Bonchev–Trinajstić information content (AvgIpc) is 2.77. The van der Waals surface area contributed by atoms with E-state index in [9.17, 15) is 0 Å². The van der Waals surface area contributed by atoms with Gasteiger partial charge in [-0.25, -0.2) is 0 Å². The molecule has 1 aliphatic rings. The summed E-state index contributed by atoms with van der Waals surface area (Å²) in [7, 11) is 0. The smallest absolute Gasteiger partial charge is 0.151 e. The van der Waals surface area contributed by atoms with Crippen molar-refractivity contribution < 1.29 is 0 Å². The molecule has 2 aromatic heterocycles. The van der Waals surface area contributed by atoms with Crippen LogP contribution in [0.2, 0.25) is 0 Å². The first-order valence-corrected chi connectivity index (χ1v) is 6.02. The maximum Gasteiger partial charge on any atom is 0.151 e. The lowest BCUT2D eigenvalue weighted by Gasteiger charge is -1.93. The number of aromatic nitrogens is 2. The van der Waals surface area contributed by atoms with E-state index in [0.717, 1.165) is 22.6 Å². The molecule has 72 valence electrons. The number of H-pyrrole nitrogens is 1. The minimum Gasteiger partial charge on any atom is -0.368 e. The molecule has 0 aliphatic carbocycles. The van der Waals surface area contributed by atoms with Gasteiger partial charge in [-0.15, -0.1) is 11.3 Å². The zero-order valence-corrected chi connectivity index (χ0v) is 9.70. The molecule has 2 aromatic rings. The number of rotatable bonds is 1. The molecular formula is C9H8BrN3S. The Morgan fingerprint density at radius 3 is 3.14 bits per heavy atom. The van der Waals surface area contributed by atoms with Crippen LogP contribution in [0.1, 0.15) is 5.56 Å². The lowest BCUT2D eigenvalue weighted by atomic mass is 10.2. The first-order valence-electron chi connectivity index (χ1n) is 4.41. The predicted molar refractivity (Wildman–Crippen MR) is 61.8 cm³/mol. The molecule has 14 heavy (non-hydrogen) atoms. The number of anilines is 1. The Kier molecular flexibility index (Phi) is 1.88. The van der Waals surface area contributed by atoms with Crippen LogP contribution >= 0.6 is 27.3 Å². The van der Waals surface area contributed by atoms with E-state index in [1.54, 1.807) is 11.3 Å².